The van der Waals surface area contributed by atoms with Crippen molar-refractivity contribution in [3.05, 3.63) is 42.5 Å². The zero-order valence-corrected chi connectivity index (χ0v) is 13.0. The molecule has 0 atom stereocenters. The molecule has 0 saturated heterocycles. The van der Waals surface area contributed by atoms with Crippen molar-refractivity contribution in [3.8, 4) is 0 Å². The predicted molar refractivity (Wildman–Crippen MR) is 80.4 cm³/mol. The van der Waals surface area contributed by atoms with Crippen LogP contribution in [0.1, 0.15) is 26.3 Å². The van der Waals surface area contributed by atoms with E-state index in [1.807, 2.05) is 6.07 Å². The van der Waals surface area contributed by atoms with Gasteiger partial charge in [0.25, 0.3) is 0 Å². The maximum Gasteiger partial charge on any atom is 0.148 e. The van der Waals surface area contributed by atoms with E-state index in [0.717, 1.165) is 5.70 Å². The summed E-state index contributed by atoms with van der Waals surface area (Å²) >= 11 is 0. The van der Waals surface area contributed by atoms with Crippen molar-refractivity contribution in [3.63, 3.8) is 0 Å². The van der Waals surface area contributed by atoms with Crippen LogP contribution in [0.4, 0.5) is 0 Å². The molecule has 17 heavy (non-hydrogen) atoms. The summed E-state index contributed by atoms with van der Waals surface area (Å²) in [6.07, 6.45) is 0. The standard InChI is InChI=1S/C15H25NSi/c1-13(14-11-9-8-10-12-14)16(15(2,3)4)17(5,6)7/h8-12H,1H2,2-7H3. The molecule has 0 unspecified atom stereocenters. The Bertz CT molecular complexity index is 368. The molecule has 0 spiro atoms. The van der Waals surface area contributed by atoms with Gasteiger partial charge in [0, 0.05) is 11.2 Å². The van der Waals surface area contributed by atoms with Crippen LogP contribution < -0.4 is 0 Å². The van der Waals surface area contributed by atoms with E-state index in [4.69, 9.17) is 0 Å². The van der Waals surface area contributed by atoms with Gasteiger partial charge in [0.1, 0.15) is 8.24 Å². The molecular weight excluding hydrogens is 222 g/mol. The SMILES string of the molecule is C=C(c1ccccc1)N(C(C)(C)C)[Si](C)(C)C. The van der Waals surface area contributed by atoms with Gasteiger partial charge in [-0.25, -0.2) is 0 Å². The Kier molecular flexibility index (Phi) is 3.87. The van der Waals surface area contributed by atoms with Crippen molar-refractivity contribution < 1.29 is 0 Å². The van der Waals surface area contributed by atoms with Crippen LogP contribution in [0, 0.1) is 0 Å². The molecule has 1 rings (SSSR count). The highest BCUT2D eigenvalue weighted by molar-refractivity contribution is 6.74. The van der Waals surface area contributed by atoms with Crippen LogP contribution >= 0.6 is 0 Å². The smallest absolute Gasteiger partial charge is 0.148 e. The van der Waals surface area contributed by atoms with Gasteiger partial charge in [-0.05, 0) is 26.3 Å². The van der Waals surface area contributed by atoms with E-state index in [0.29, 0.717) is 0 Å². The highest BCUT2D eigenvalue weighted by atomic mass is 28.3. The molecular formula is C15H25NSi. The summed E-state index contributed by atoms with van der Waals surface area (Å²) in [5.41, 5.74) is 2.50. The van der Waals surface area contributed by atoms with Gasteiger partial charge in [0.15, 0.2) is 0 Å². The minimum absolute atomic E-state index is 0.122. The Labute approximate surface area is 107 Å². The fraction of sp³-hybridized carbons (Fsp3) is 0.467. The molecule has 0 aliphatic rings. The van der Waals surface area contributed by atoms with Gasteiger partial charge >= 0.3 is 0 Å². The van der Waals surface area contributed by atoms with Crippen LogP contribution in [0.2, 0.25) is 19.6 Å². The quantitative estimate of drug-likeness (QED) is 0.706. The largest absolute Gasteiger partial charge is 0.394 e. The molecule has 0 amide bonds. The van der Waals surface area contributed by atoms with Crippen LogP contribution in [0.5, 0.6) is 0 Å². The summed E-state index contributed by atoms with van der Waals surface area (Å²) < 4.78 is 2.52. The second-order valence-electron chi connectivity index (χ2n) is 6.49. The van der Waals surface area contributed by atoms with Gasteiger partial charge in [0.2, 0.25) is 0 Å². The molecule has 0 aromatic heterocycles. The molecule has 0 radical (unpaired) electrons. The fourth-order valence-electron chi connectivity index (χ4n) is 2.58. The Morgan fingerprint density at radius 1 is 1.06 bits per heavy atom. The molecule has 0 bridgehead atoms. The van der Waals surface area contributed by atoms with E-state index >= 15 is 0 Å². The normalized spacial score (nSPS) is 12.4. The van der Waals surface area contributed by atoms with Crippen LogP contribution in [-0.4, -0.2) is 18.3 Å². The Morgan fingerprint density at radius 2 is 1.53 bits per heavy atom. The highest BCUT2D eigenvalue weighted by Gasteiger charge is 2.34. The lowest BCUT2D eigenvalue weighted by Crippen LogP contribution is -2.54. The molecule has 1 nitrogen and oxygen atoms in total. The Hall–Kier alpha value is -1.02. The lowest BCUT2D eigenvalue weighted by Gasteiger charge is -2.47. The first-order valence-electron chi connectivity index (χ1n) is 6.19. The van der Waals surface area contributed by atoms with Gasteiger partial charge in [-0.3, -0.25) is 0 Å². The number of rotatable bonds is 3. The summed E-state index contributed by atoms with van der Waals surface area (Å²) in [7, 11) is -1.43. The zero-order valence-electron chi connectivity index (χ0n) is 12.0. The number of benzene rings is 1. The molecule has 1 aromatic rings. The molecule has 0 aliphatic heterocycles. The average molecular weight is 247 g/mol. The lowest BCUT2D eigenvalue weighted by atomic mass is 10.1. The summed E-state index contributed by atoms with van der Waals surface area (Å²) in [5.74, 6) is 0. The Morgan fingerprint density at radius 3 is 1.88 bits per heavy atom. The van der Waals surface area contributed by atoms with Gasteiger partial charge in [-0.2, -0.15) is 0 Å². The highest BCUT2D eigenvalue weighted by Crippen LogP contribution is 2.31. The first-order valence-corrected chi connectivity index (χ1v) is 9.63. The van der Waals surface area contributed by atoms with Gasteiger partial charge in [0.05, 0.1) is 0 Å². The van der Waals surface area contributed by atoms with Gasteiger partial charge in [-0.15, -0.1) is 0 Å². The third kappa shape index (κ3) is 3.47. The van der Waals surface area contributed by atoms with Crippen molar-refractivity contribution >= 4 is 13.9 Å². The van der Waals surface area contributed by atoms with Crippen molar-refractivity contribution in [2.75, 3.05) is 0 Å². The van der Waals surface area contributed by atoms with E-state index in [9.17, 15) is 0 Å². The average Bonchev–Trinajstić information content (AvgIpc) is 2.14. The number of hydrogen-bond donors (Lipinski definition) is 0. The van der Waals surface area contributed by atoms with Gasteiger partial charge < -0.3 is 4.57 Å². The maximum absolute atomic E-state index is 4.32. The minimum atomic E-state index is -1.43. The molecule has 1 aromatic carbocycles. The van der Waals surface area contributed by atoms with Crippen LogP contribution in [0.15, 0.2) is 36.9 Å². The van der Waals surface area contributed by atoms with Crippen molar-refractivity contribution in [2.45, 2.75) is 46.0 Å². The maximum atomic E-state index is 4.32. The minimum Gasteiger partial charge on any atom is -0.394 e. The third-order valence-corrected chi connectivity index (χ3v) is 5.00. The summed E-state index contributed by atoms with van der Waals surface area (Å²) in [5, 5.41) is 0. The van der Waals surface area contributed by atoms with Crippen LogP contribution in [0.3, 0.4) is 0 Å². The molecule has 0 N–H and O–H groups in total. The predicted octanol–water partition coefficient (Wildman–Crippen LogP) is 4.59. The molecule has 0 fully saturated rings. The molecule has 0 aliphatic carbocycles. The Balaban J connectivity index is 3.14. The van der Waals surface area contributed by atoms with Crippen molar-refractivity contribution in [2.24, 2.45) is 0 Å². The number of nitrogens with zero attached hydrogens (tertiary/aromatic N) is 1. The van der Waals surface area contributed by atoms with E-state index < -0.39 is 8.24 Å². The summed E-state index contributed by atoms with van der Waals surface area (Å²) in [6.45, 7) is 18.2. The van der Waals surface area contributed by atoms with E-state index in [-0.39, 0.29) is 5.54 Å². The topological polar surface area (TPSA) is 3.24 Å². The van der Waals surface area contributed by atoms with Crippen LogP contribution in [-0.2, 0) is 0 Å². The van der Waals surface area contributed by atoms with E-state index in [2.05, 4.69) is 75.8 Å². The summed E-state index contributed by atoms with van der Waals surface area (Å²) in [6, 6.07) is 10.5. The molecule has 94 valence electrons. The molecule has 2 heteroatoms. The van der Waals surface area contributed by atoms with Crippen LogP contribution in [0.25, 0.3) is 5.70 Å². The fourth-order valence-corrected chi connectivity index (χ4v) is 5.53. The first-order chi connectivity index (χ1) is 7.64. The second-order valence-corrected chi connectivity index (χ2v) is 11.3. The van der Waals surface area contributed by atoms with Gasteiger partial charge in [-0.1, -0.05) is 56.6 Å². The lowest BCUT2D eigenvalue weighted by molar-refractivity contribution is 0.331. The zero-order chi connectivity index (χ0) is 13.3. The van der Waals surface area contributed by atoms with E-state index in [1.54, 1.807) is 0 Å². The monoisotopic (exact) mass is 247 g/mol. The summed E-state index contributed by atoms with van der Waals surface area (Å²) in [4.78, 5) is 0. The molecule has 0 saturated carbocycles. The first kappa shape index (κ1) is 14.0. The number of hydrogen-bond acceptors (Lipinski definition) is 1. The molecule has 0 heterocycles. The third-order valence-electron chi connectivity index (χ3n) is 2.72. The van der Waals surface area contributed by atoms with E-state index in [1.165, 1.54) is 5.56 Å². The van der Waals surface area contributed by atoms with Crippen molar-refractivity contribution in [1.82, 2.24) is 4.57 Å². The van der Waals surface area contributed by atoms with Crippen molar-refractivity contribution in [1.29, 1.82) is 0 Å². The second kappa shape index (κ2) is 4.69.